The van der Waals surface area contributed by atoms with Crippen molar-refractivity contribution < 1.29 is 14.3 Å². The van der Waals surface area contributed by atoms with E-state index in [0.29, 0.717) is 29.7 Å². The van der Waals surface area contributed by atoms with Gasteiger partial charge in [0.05, 0.1) is 12.2 Å². The minimum atomic E-state index is -0.360. The third kappa shape index (κ3) is 5.22. The van der Waals surface area contributed by atoms with E-state index in [9.17, 15) is 4.79 Å². The zero-order valence-corrected chi connectivity index (χ0v) is 15.0. The Morgan fingerprint density at radius 2 is 2.08 bits per heavy atom. The van der Waals surface area contributed by atoms with Gasteiger partial charge in [-0.15, -0.1) is 10.2 Å². The van der Waals surface area contributed by atoms with E-state index in [2.05, 4.69) is 20.8 Å². The fourth-order valence-corrected chi connectivity index (χ4v) is 2.70. The summed E-state index contributed by atoms with van der Waals surface area (Å²) in [5, 5.41) is 15.0. The van der Waals surface area contributed by atoms with Gasteiger partial charge >= 0.3 is 0 Å². The molecule has 0 aliphatic rings. The zero-order chi connectivity index (χ0) is 17.4. The van der Waals surface area contributed by atoms with E-state index in [0.717, 1.165) is 11.4 Å². The second-order valence-electron chi connectivity index (χ2n) is 4.60. The fraction of sp³-hybridized carbons (Fsp3) is 0.333. The molecular formula is C15H18N4O3S2. The van der Waals surface area contributed by atoms with Crippen LogP contribution in [0.1, 0.15) is 22.3 Å². The Balaban J connectivity index is 1.97. The molecule has 0 unspecified atom stereocenters. The maximum atomic E-state index is 12.4. The number of nitrogens with one attached hydrogen (secondary N) is 2. The van der Waals surface area contributed by atoms with Crippen LogP contribution in [0.15, 0.2) is 24.3 Å². The van der Waals surface area contributed by atoms with Crippen molar-refractivity contribution >= 4 is 39.7 Å². The highest BCUT2D eigenvalue weighted by atomic mass is 32.1. The number of para-hydroxylation sites is 1. The molecule has 0 saturated heterocycles. The van der Waals surface area contributed by atoms with E-state index in [1.807, 2.05) is 6.92 Å². The van der Waals surface area contributed by atoms with Gasteiger partial charge in [-0.3, -0.25) is 10.1 Å². The number of carbonyl (C=O) groups is 1. The third-order valence-corrected chi connectivity index (χ3v) is 4.08. The number of hydrogen-bond acceptors (Lipinski definition) is 7. The Bertz CT molecular complexity index is 706. The zero-order valence-electron chi connectivity index (χ0n) is 13.4. The number of methoxy groups -OCH3 is 1. The molecule has 2 N–H and O–H groups in total. The van der Waals surface area contributed by atoms with Gasteiger partial charge in [0, 0.05) is 7.11 Å². The molecule has 128 valence electrons. The van der Waals surface area contributed by atoms with Crippen LogP contribution in [0.4, 0.5) is 5.13 Å². The van der Waals surface area contributed by atoms with Crippen LogP contribution in [0, 0.1) is 0 Å². The lowest BCUT2D eigenvalue weighted by atomic mass is 10.2. The van der Waals surface area contributed by atoms with Gasteiger partial charge in [-0.2, -0.15) is 0 Å². The summed E-state index contributed by atoms with van der Waals surface area (Å²) >= 11 is 6.53. The number of thiocarbonyl (C=S) groups is 1. The molecule has 0 aliphatic heterocycles. The summed E-state index contributed by atoms with van der Waals surface area (Å²) in [7, 11) is 1.59. The monoisotopic (exact) mass is 366 g/mol. The van der Waals surface area contributed by atoms with Gasteiger partial charge in [-0.05, 0) is 30.8 Å². The standard InChI is InChI=1S/C15H18N4O3S2/c1-3-12-18-19-15(24-12)17-14(23)16-13(20)10-6-4-5-7-11(10)22-9-8-21-2/h4-7H,3,8-9H2,1-2H3,(H2,16,17,19,20,23). The number of carbonyl (C=O) groups excluding carboxylic acids is 1. The number of benzene rings is 1. The Labute approximate surface area is 149 Å². The number of anilines is 1. The molecule has 1 aromatic heterocycles. The average Bonchev–Trinajstić information content (AvgIpc) is 3.03. The van der Waals surface area contributed by atoms with Gasteiger partial charge in [-0.25, -0.2) is 0 Å². The third-order valence-electron chi connectivity index (χ3n) is 2.89. The second kappa shape index (κ2) is 9.26. The summed E-state index contributed by atoms with van der Waals surface area (Å²) in [4.78, 5) is 12.4. The van der Waals surface area contributed by atoms with Crippen molar-refractivity contribution in [3.63, 3.8) is 0 Å². The van der Waals surface area contributed by atoms with Gasteiger partial charge in [0.2, 0.25) is 5.13 Å². The summed E-state index contributed by atoms with van der Waals surface area (Å²) in [6, 6.07) is 6.94. The second-order valence-corrected chi connectivity index (χ2v) is 6.07. The van der Waals surface area contributed by atoms with Crippen LogP contribution in [-0.2, 0) is 11.2 Å². The number of amides is 1. The highest BCUT2D eigenvalue weighted by molar-refractivity contribution is 7.80. The lowest BCUT2D eigenvalue weighted by Crippen LogP contribution is -2.34. The van der Waals surface area contributed by atoms with Crippen LogP contribution < -0.4 is 15.4 Å². The number of aromatic nitrogens is 2. The summed E-state index contributed by atoms with van der Waals surface area (Å²) < 4.78 is 10.5. The van der Waals surface area contributed by atoms with E-state index < -0.39 is 0 Å². The Morgan fingerprint density at radius 1 is 1.29 bits per heavy atom. The topological polar surface area (TPSA) is 85.4 Å². The average molecular weight is 366 g/mol. The molecule has 1 heterocycles. The van der Waals surface area contributed by atoms with Crippen molar-refractivity contribution in [2.75, 3.05) is 25.6 Å². The van der Waals surface area contributed by atoms with Gasteiger partial charge < -0.3 is 14.8 Å². The molecule has 0 spiro atoms. The van der Waals surface area contributed by atoms with Gasteiger partial charge in [-0.1, -0.05) is 30.4 Å². The number of nitrogens with zero attached hydrogens (tertiary/aromatic N) is 2. The maximum absolute atomic E-state index is 12.4. The lowest BCUT2D eigenvalue weighted by molar-refractivity contribution is 0.0970. The van der Waals surface area contributed by atoms with Crippen LogP contribution in [0.3, 0.4) is 0 Å². The van der Waals surface area contributed by atoms with E-state index >= 15 is 0 Å². The Hall–Kier alpha value is -2.10. The van der Waals surface area contributed by atoms with E-state index in [1.165, 1.54) is 11.3 Å². The maximum Gasteiger partial charge on any atom is 0.261 e. The summed E-state index contributed by atoms with van der Waals surface area (Å²) in [6.07, 6.45) is 0.796. The normalized spacial score (nSPS) is 10.2. The first-order valence-electron chi connectivity index (χ1n) is 7.29. The molecule has 2 rings (SSSR count). The molecule has 1 amide bonds. The number of aryl methyl sites for hydroxylation is 1. The smallest absolute Gasteiger partial charge is 0.261 e. The minimum Gasteiger partial charge on any atom is -0.490 e. The lowest BCUT2D eigenvalue weighted by Gasteiger charge is -2.11. The quantitative estimate of drug-likeness (QED) is 0.574. The largest absolute Gasteiger partial charge is 0.490 e. The van der Waals surface area contributed by atoms with E-state index in [1.54, 1.807) is 31.4 Å². The minimum absolute atomic E-state index is 0.158. The van der Waals surface area contributed by atoms with Gasteiger partial charge in [0.1, 0.15) is 17.4 Å². The van der Waals surface area contributed by atoms with Crippen molar-refractivity contribution in [1.82, 2.24) is 15.5 Å². The first-order chi connectivity index (χ1) is 11.6. The van der Waals surface area contributed by atoms with Crippen LogP contribution in [0.5, 0.6) is 5.75 Å². The highest BCUT2D eigenvalue weighted by Gasteiger charge is 2.14. The van der Waals surface area contributed by atoms with Crippen LogP contribution >= 0.6 is 23.6 Å². The number of rotatable bonds is 7. The molecular weight excluding hydrogens is 348 g/mol. The van der Waals surface area contributed by atoms with Crippen molar-refractivity contribution in [2.24, 2.45) is 0 Å². The van der Waals surface area contributed by atoms with Crippen LogP contribution in [0.2, 0.25) is 0 Å². The summed E-state index contributed by atoms with van der Waals surface area (Å²) in [5.74, 6) is 0.111. The van der Waals surface area contributed by atoms with Crippen molar-refractivity contribution in [3.8, 4) is 5.75 Å². The highest BCUT2D eigenvalue weighted by Crippen LogP contribution is 2.18. The first-order valence-corrected chi connectivity index (χ1v) is 8.52. The fourth-order valence-electron chi connectivity index (χ4n) is 1.76. The summed E-state index contributed by atoms with van der Waals surface area (Å²) in [6.45, 7) is 2.78. The molecule has 7 nitrogen and oxygen atoms in total. The Morgan fingerprint density at radius 3 is 2.79 bits per heavy atom. The molecule has 1 aromatic carbocycles. The van der Waals surface area contributed by atoms with Crippen LogP contribution in [0.25, 0.3) is 0 Å². The summed E-state index contributed by atoms with van der Waals surface area (Å²) in [5.41, 5.74) is 0.393. The number of hydrogen-bond donors (Lipinski definition) is 2. The van der Waals surface area contributed by atoms with Gasteiger partial charge in [0.25, 0.3) is 5.91 Å². The predicted octanol–water partition coefficient (Wildman–Crippen LogP) is 2.25. The molecule has 0 aliphatic carbocycles. The predicted molar refractivity (Wildman–Crippen MR) is 96.8 cm³/mol. The van der Waals surface area contributed by atoms with Crippen molar-refractivity contribution in [2.45, 2.75) is 13.3 Å². The van der Waals surface area contributed by atoms with Gasteiger partial charge in [0.15, 0.2) is 5.11 Å². The molecule has 24 heavy (non-hydrogen) atoms. The molecule has 0 atom stereocenters. The van der Waals surface area contributed by atoms with Crippen molar-refractivity contribution in [3.05, 3.63) is 34.8 Å². The van der Waals surface area contributed by atoms with Crippen molar-refractivity contribution in [1.29, 1.82) is 0 Å². The molecule has 0 radical (unpaired) electrons. The Kier molecular flexibility index (Phi) is 7.04. The van der Waals surface area contributed by atoms with E-state index in [-0.39, 0.29) is 11.0 Å². The first kappa shape index (κ1) is 18.2. The SMILES string of the molecule is CCc1nnc(NC(=S)NC(=O)c2ccccc2OCCOC)s1. The molecule has 2 aromatic rings. The molecule has 0 bridgehead atoms. The molecule has 0 saturated carbocycles. The van der Waals surface area contributed by atoms with E-state index in [4.69, 9.17) is 21.7 Å². The molecule has 9 heteroatoms. The molecule has 0 fully saturated rings. The van der Waals surface area contributed by atoms with Crippen LogP contribution in [-0.4, -0.2) is 41.5 Å². The number of ether oxygens (including phenoxy) is 2.